The first-order valence-electron chi connectivity index (χ1n) is 15.7. The van der Waals surface area contributed by atoms with E-state index < -0.39 is 0 Å². The summed E-state index contributed by atoms with van der Waals surface area (Å²) in [5, 5.41) is 7.40. The zero-order valence-electron chi connectivity index (χ0n) is 26.3. The van der Waals surface area contributed by atoms with E-state index in [1.165, 1.54) is 22.4 Å². The van der Waals surface area contributed by atoms with Crippen LogP contribution in [0.25, 0.3) is 22.0 Å². The third-order valence-electron chi connectivity index (χ3n) is 9.02. The Morgan fingerprint density at radius 3 is 2.27 bits per heavy atom. The van der Waals surface area contributed by atoms with Gasteiger partial charge in [0.15, 0.2) is 0 Å². The third kappa shape index (κ3) is 6.05. The van der Waals surface area contributed by atoms with Gasteiger partial charge >= 0.3 is 0 Å². The molecule has 1 fully saturated rings. The number of aryl methyl sites for hydroxylation is 1. The smallest absolute Gasteiger partial charge is 0.252 e. The van der Waals surface area contributed by atoms with Crippen LogP contribution in [0.3, 0.4) is 0 Å². The molecule has 2 amide bonds. The van der Waals surface area contributed by atoms with Crippen molar-refractivity contribution < 1.29 is 9.59 Å². The summed E-state index contributed by atoms with van der Waals surface area (Å²) < 4.78 is 2.32. The van der Waals surface area contributed by atoms with Gasteiger partial charge in [-0.15, -0.1) is 0 Å². The topological polar surface area (TPSA) is 63.1 Å². The van der Waals surface area contributed by atoms with E-state index in [0.29, 0.717) is 23.1 Å². The average molecular weight is 584 g/mol. The number of fused-ring (bicyclic) bond motifs is 1. The van der Waals surface area contributed by atoms with Crippen LogP contribution in [0.5, 0.6) is 0 Å². The Morgan fingerprint density at radius 2 is 1.55 bits per heavy atom. The molecule has 0 spiro atoms. The van der Waals surface area contributed by atoms with Crippen molar-refractivity contribution in [3.05, 3.63) is 130 Å². The number of hydrogen-bond donors (Lipinski definition) is 2. The minimum absolute atomic E-state index is 0.0000684. The SMILES string of the molecule is Cc1c(C)n(Cc2ccc(-c3ccccc3C(=O)NC3CC3)cc2)c2ccc(C(=O)N[C@@H](C)c3cccc(C(C)C)c3)cc12. The van der Waals surface area contributed by atoms with Gasteiger partial charge in [-0.2, -0.15) is 0 Å². The maximum Gasteiger partial charge on any atom is 0.252 e. The minimum Gasteiger partial charge on any atom is -0.349 e. The number of nitrogens with zero attached hydrogens (tertiary/aromatic N) is 1. The minimum atomic E-state index is -0.0909. The first-order valence-corrected chi connectivity index (χ1v) is 15.7. The van der Waals surface area contributed by atoms with E-state index >= 15 is 0 Å². The molecule has 6 rings (SSSR count). The molecule has 44 heavy (non-hydrogen) atoms. The predicted octanol–water partition coefficient (Wildman–Crippen LogP) is 8.48. The average Bonchev–Trinajstić information content (AvgIpc) is 3.83. The van der Waals surface area contributed by atoms with Gasteiger partial charge in [0.2, 0.25) is 0 Å². The van der Waals surface area contributed by atoms with Crippen molar-refractivity contribution in [2.24, 2.45) is 0 Å². The van der Waals surface area contributed by atoms with E-state index in [-0.39, 0.29) is 17.9 Å². The molecule has 5 heteroatoms. The summed E-state index contributed by atoms with van der Waals surface area (Å²) in [7, 11) is 0. The fourth-order valence-corrected chi connectivity index (χ4v) is 5.94. The van der Waals surface area contributed by atoms with Crippen molar-refractivity contribution in [1.82, 2.24) is 15.2 Å². The Hall–Kier alpha value is -4.64. The number of carbonyl (C=O) groups is 2. The summed E-state index contributed by atoms with van der Waals surface area (Å²) >= 11 is 0. The summed E-state index contributed by atoms with van der Waals surface area (Å²) in [5.74, 6) is 0.371. The quantitative estimate of drug-likeness (QED) is 0.183. The molecule has 0 bridgehead atoms. The Kier molecular flexibility index (Phi) is 8.13. The predicted molar refractivity (Wildman–Crippen MR) is 179 cm³/mol. The van der Waals surface area contributed by atoms with Crippen LogP contribution in [0.2, 0.25) is 0 Å². The molecule has 1 aliphatic rings. The molecule has 0 radical (unpaired) electrons. The lowest BCUT2D eigenvalue weighted by atomic mass is 9.98. The number of amides is 2. The highest BCUT2D eigenvalue weighted by atomic mass is 16.2. The zero-order valence-corrected chi connectivity index (χ0v) is 26.3. The number of nitrogens with one attached hydrogen (secondary N) is 2. The van der Waals surface area contributed by atoms with Crippen LogP contribution in [-0.4, -0.2) is 22.4 Å². The Morgan fingerprint density at radius 1 is 0.818 bits per heavy atom. The molecule has 1 heterocycles. The zero-order chi connectivity index (χ0) is 31.0. The second-order valence-corrected chi connectivity index (χ2v) is 12.5. The van der Waals surface area contributed by atoms with Crippen molar-refractivity contribution >= 4 is 22.7 Å². The molecule has 0 unspecified atom stereocenters. The molecule has 1 aliphatic carbocycles. The van der Waals surface area contributed by atoms with Crippen molar-refractivity contribution in [2.75, 3.05) is 0 Å². The van der Waals surface area contributed by atoms with E-state index in [9.17, 15) is 9.59 Å². The maximum absolute atomic E-state index is 13.3. The first kappa shape index (κ1) is 29.4. The number of benzene rings is 4. The van der Waals surface area contributed by atoms with Crippen LogP contribution < -0.4 is 10.6 Å². The lowest BCUT2D eigenvalue weighted by Crippen LogP contribution is -2.26. The molecule has 0 saturated heterocycles. The number of aromatic nitrogens is 1. The Balaban J connectivity index is 1.20. The van der Waals surface area contributed by atoms with Crippen molar-refractivity contribution in [2.45, 2.75) is 72.0 Å². The number of carbonyl (C=O) groups excluding carboxylic acids is 2. The van der Waals surface area contributed by atoms with Crippen LogP contribution in [0.1, 0.15) is 94.2 Å². The summed E-state index contributed by atoms with van der Waals surface area (Å²) in [6, 6.07) is 31.0. The lowest BCUT2D eigenvalue weighted by molar-refractivity contribution is 0.0935. The normalized spacial score (nSPS) is 13.7. The van der Waals surface area contributed by atoms with E-state index in [0.717, 1.165) is 47.0 Å². The second-order valence-electron chi connectivity index (χ2n) is 12.5. The fourth-order valence-electron chi connectivity index (χ4n) is 5.94. The molecule has 4 aromatic carbocycles. The van der Waals surface area contributed by atoms with Crippen LogP contribution in [0.4, 0.5) is 0 Å². The summed E-state index contributed by atoms with van der Waals surface area (Å²) in [5.41, 5.74) is 10.4. The van der Waals surface area contributed by atoms with Gasteiger partial charge in [-0.25, -0.2) is 0 Å². The molecule has 1 saturated carbocycles. The van der Waals surface area contributed by atoms with Gasteiger partial charge in [-0.05, 0) is 97.2 Å². The van der Waals surface area contributed by atoms with Crippen LogP contribution >= 0.6 is 0 Å². The number of rotatable bonds is 9. The Bertz CT molecular complexity index is 1840. The van der Waals surface area contributed by atoms with Gasteiger partial charge in [-0.1, -0.05) is 80.6 Å². The van der Waals surface area contributed by atoms with Crippen LogP contribution in [-0.2, 0) is 6.54 Å². The monoisotopic (exact) mass is 583 g/mol. The first-order chi connectivity index (χ1) is 21.2. The largest absolute Gasteiger partial charge is 0.349 e. The summed E-state index contributed by atoms with van der Waals surface area (Å²) in [6.07, 6.45) is 2.13. The van der Waals surface area contributed by atoms with E-state index in [2.05, 4.69) is 97.5 Å². The van der Waals surface area contributed by atoms with Gasteiger partial charge in [0.1, 0.15) is 0 Å². The molecule has 5 aromatic rings. The molecule has 1 aromatic heterocycles. The van der Waals surface area contributed by atoms with Gasteiger partial charge in [-0.3, -0.25) is 9.59 Å². The van der Waals surface area contributed by atoms with Crippen LogP contribution in [0.15, 0.2) is 91.0 Å². The highest BCUT2D eigenvalue weighted by Gasteiger charge is 2.25. The van der Waals surface area contributed by atoms with Gasteiger partial charge in [0, 0.05) is 40.3 Å². The van der Waals surface area contributed by atoms with E-state index in [4.69, 9.17) is 0 Å². The lowest BCUT2D eigenvalue weighted by Gasteiger charge is -2.16. The van der Waals surface area contributed by atoms with Crippen molar-refractivity contribution in [3.63, 3.8) is 0 Å². The Labute approximate surface area is 260 Å². The molecular weight excluding hydrogens is 542 g/mol. The molecule has 1 atom stereocenters. The molecule has 224 valence electrons. The summed E-state index contributed by atoms with van der Waals surface area (Å²) in [4.78, 5) is 26.2. The number of hydrogen-bond acceptors (Lipinski definition) is 2. The third-order valence-corrected chi connectivity index (χ3v) is 9.02. The molecule has 0 aliphatic heterocycles. The van der Waals surface area contributed by atoms with Crippen molar-refractivity contribution in [3.8, 4) is 11.1 Å². The standard InChI is InChI=1S/C39H41N3O2/c1-24(2)30-9-8-10-31(21-30)26(4)40-38(43)32-17-20-37-36(22-32)25(3)27(5)42(37)23-28-13-15-29(16-14-28)34-11-6-7-12-35(34)39(44)41-33-18-19-33/h6-17,20-22,24,26,33H,18-19,23H2,1-5H3,(H,40,43)(H,41,44)/t26-/m0/s1. The highest BCUT2D eigenvalue weighted by molar-refractivity contribution is 6.01. The molecule has 5 nitrogen and oxygen atoms in total. The fraction of sp³-hybridized carbons (Fsp3) is 0.282. The van der Waals surface area contributed by atoms with E-state index in [1.807, 2.05) is 43.3 Å². The van der Waals surface area contributed by atoms with Gasteiger partial charge in [0.25, 0.3) is 11.8 Å². The van der Waals surface area contributed by atoms with Crippen molar-refractivity contribution in [1.29, 1.82) is 0 Å². The summed E-state index contributed by atoms with van der Waals surface area (Å²) in [6.45, 7) is 11.4. The van der Waals surface area contributed by atoms with Gasteiger partial charge in [0.05, 0.1) is 6.04 Å². The van der Waals surface area contributed by atoms with Gasteiger partial charge < -0.3 is 15.2 Å². The second kappa shape index (κ2) is 12.2. The van der Waals surface area contributed by atoms with E-state index in [1.54, 1.807) is 0 Å². The molecular formula is C39H41N3O2. The van der Waals surface area contributed by atoms with Crippen LogP contribution in [0, 0.1) is 13.8 Å². The molecule has 2 N–H and O–H groups in total. The highest BCUT2D eigenvalue weighted by Crippen LogP contribution is 2.30. The maximum atomic E-state index is 13.3.